The van der Waals surface area contributed by atoms with Crippen LogP contribution < -0.4 is 9.04 Å². The van der Waals surface area contributed by atoms with Crippen LogP contribution in [0.1, 0.15) is 5.56 Å². The monoisotopic (exact) mass is 336 g/mol. The Bertz CT molecular complexity index is 849. The molecule has 0 amide bonds. The van der Waals surface area contributed by atoms with Gasteiger partial charge in [-0.05, 0) is 25.1 Å². The van der Waals surface area contributed by atoms with Gasteiger partial charge in [-0.3, -0.25) is 14.4 Å². The van der Waals surface area contributed by atoms with Gasteiger partial charge >= 0.3 is 0 Å². The van der Waals surface area contributed by atoms with Crippen LogP contribution in [0, 0.1) is 17.0 Å². The van der Waals surface area contributed by atoms with Crippen LogP contribution in [0.3, 0.4) is 0 Å². The molecule has 0 aromatic heterocycles. The number of aryl methyl sites for hydroxylation is 1. The first-order valence-electron chi connectivity index (χ1n) is 6.65. The van der Waals surface area contributed by atoms with E-state index in [0.717, 1.165) is 10.4 Å². The first kappa shape index (κ1) is 16.8. The quantitative estimate of drug-likeness (QED) is 0.618. The van der Waals surface area contributed by atoms with Crippen molar-refractivity contribution in [2.24, 2.45) is 0 Å². The van der Waals surface area contributed by atoms with Crippen molar-refractivity contribution in [3.05, 3.63) is 58.1 Å². The Morgan fingerprint density at radius 2 is 1.87 bits per heavy atom. The molecule has 0 atom stereocenters. The van der Waals surface area contributed by atoms with E-state index < -0.39 is 14.9 Å². The number of anilines is 1. The maximum atomic E-state index is 12.7. The third-order valence-electron chi connectivity index (χ3n) is 3.45. The van der Waals surface area contributed by atoms with Crippen molar-refractivity contribution in [1.29, 1.82) is 0 Å². The molecule has 0 spiro atoms. The van der Waals surface area contributed by atoms with Crippen LogP contribution in [-0.2, 0) is 10.0 Å². The molecule has 0 N–H and O–H groups in total. The number of nitro groups is 1. The second-order valence-corrected chi connectivity index (χ2v) is 6.85. The van der Waals surface area contributed by atoms with Gasteiger partial charge in [0.05, 0.1) is 22.6 Å². The minimum Gasteiger partial charge on any atom is -0.497 e. The second kappa shape index (κ2) is 6.25. The highest BCUT2D eigenvalue weighted by molar-refractivity contribution is 7.92. The smallest absolute Gasteiger partial charge is 0.273 e. The highest BCUT2D eigenvalue weighted by Gasteiger charge is 2.24. The van der Waals surface area contributed by atoms with Gasteiger partial charge in [0.2, 0.25) is 0 Å². The van der Waals surface area contributed by atoms with Crippen LogP contribution in [0.5, 0.6) is 5.75 Å². The molecule has 0 heterocycles. The second-order valence-electron chi connectivity index (χ2n) is 4.88. The van der Waals surface area contributed by atoms with E-state index in [1.54, 1.807) is 31.2 Å². The number of rotatable bonds is 5. The minimum absolute atomic E-state index is 0.139. The third kappa shape index (κ3) is 3.26. The van der Waals surface area contributed by atoms with Gasteiger partial charge in [-0.1, -0.05) is 12.1 Å². The number of sulfonamides is 1. The van der Waals surface area contributed by atoms with Crippen molar-refractivity contribution in [2.75, 3.05) is 18.5 Å². The largest absolute Gasteiger partial charge is 0.497 e. The highest BCUT2D eigenvalue weighted by Crippen LogP contribution is 2.28. The standard InChI is InChI=1S/C15H16N2O5S/c1-11-7-8-14(10-15(11)17(18)19)23(20,21)16(2)12-5-4-6-13(9-12)22-3/h4-10H,1-3H3. The van der Waals surface area contributed by atoms with Gasteiger partial charge in [-0.25, -0.2) is 8.42 Å². The fraction of sp³-hybridized carbons (Fsp3) is 0.200. The summed E-state index contributed by atoms with van der Waals surface area (Å²) >= 11 is 0. The number of methoxy groups -OCH3 is 1. The number of nitro benzene ring substituents is 1. The summed E-state index contributed by atoms with van der Waals surface area (Å²) in [5, 5.41) is 11.0. The summed E-state index contributed by atoms with van der Waals surface area (Å²) in [6.45, 7) is 1.56. The first-order valence-corrected chi connectivity index (χ1v) is 8.09. The van der Waals surface area contributed by atoms with E-state index in [-0.39, 0.29) is 10.6 Å². The molecule has 8 heteroatoms. The Morgan fingerprint density at radius 3 is 2.48 bits per heavy atom. The van der Waals surface area contributed by atoms with Gasteiger partial charge in [0, 0.05) is 24.7 Å². The molecule has 2 aromatic rings. The van der Waals surface area contributed by atoms with Crippen molar-refractivity contribution in [3.63, 3.8) is 0 Å². The van der Waals surface area contributed by atoms with Crippen molar-refractivity contribution < 1.29 is 18.1 Å². The molecule has 0 radical (unpaired) electrons. The van der Waals surface area contributed by atoms with Crippen molar-refractivity contribution in [2.45, 2.75) is 11.8 Å². The summed E-state index contributed by atoms with van der Waals surface area (Å²) < 4.78 is 31.5. The van der Waals surface area contributed by atoms with Gasteiger partial charge in [0.25, 0.3) is 15.7 Å². The van der Waals surface area contributed by atoms with Crippen molar-refractivity contribution in [1.82, 2.24) is 0 Å². The van der Waals surface area contributed by atoms with Gasteiger partial charge in [0.1, 0.15) is 5.75 Å². The Kier molecular flexibility index (Phi) is 4.55. The summed E-state index contributed by atoms with van der Waals surface area (Å²) in [7, 11) is -1.05. The number of nitrogens with zero attached hydrogens (tertiary/aromatic N) is 2. The fourth-order valence-electron chi connectivity index (χ4n) is 2.05. The van der Waals surface area contributed by atoms with Gasteiger partial charge in [-0.2, -0.15) is 0 Å². The number of benzene rings is 2. The average Bonchev–Trinajstić information content (AvgIpc) is 2.54. The molecule has 7 nitrogen and oxygen atoms in total. The molecule has 0 aliphatic heterocycles. The summed E-state index contributed by atoms with van der Waals surface area (Å²) in [5.74, 6) is 0.513. The molecule has 0 fully saturated rings. The molecule has 2 aromatic carbocycles. The Labute approximate surface area is 134 Å². The molecule has 122 valence electrons. The Hall–Kier alpha value is -2.61. The number of hydrogen-bond acceptors (Lipinski definition) is 5. The molecule has 0 saturated carbocycles. The highest BCUT2D eigenvalue weighted by atomic mass is 32.2. The number of hydrogen-bond donors (Lipinski definition) is 0. The predicted octanol–water partition coefficient (Wildman–Crippen LogP) is 2.74. The molecule has 0 aliphatic carbocycles. The summed E-state index contributed by atoms with van der Waals surface area (Å²) in [5.41, 5.74) is 0.565. The van der Waals surface area contributed by atoms with Gasteiger partial charge in [-0.15, -0.1) is 0 Å². The van der Waals surface area contributed by atoms with Crippen LogP contribution >= 0.6 is 0 Å². The normalized spacial score (nSPS) is 11.1. The molecule has 0 aliphatic rings. The number of ether oxygens (including phenoxy) is 1. The van der Waals surface area contributed by atoms with Crippen LogP contribution in [0.15, 0.2) is 47.4 Å². The molecular formula is C15H16N2O5S. The lowest BCUT2D eigenvalue weighted by Crippen LogP contribution is -2.26. The lowest BCUT2D eigenvalue weighted by molar-refractivity contribution is -0.385. The van der Waals surface area contributed by atoms with E-state index in [1.807, 2.05) is 0 Å². The lowest BCUT2D eigenvalue weighted by Gasteiger charge is -2.20. The van der Waals surface area contributed by atoms with Gasteiger partial charge in [0.15, 0.2) is 0 Å². The molecule has 0 bridgehead atoms. The van der Waals surface area contributed by atoms with E-state index >= 15 is 0 Å². The first-order chi connectivity index (χ1) is 10.8. The molecule has 0 saturated heterocycles. The molecule has 2 rings (SSSR count). The van der Waals surface area contributed by atoms with Crippen molar-refractivity contribution >= 4 is 21.4 Å². The summed E-state index contributed by atoms with van der Waals surface area (Å²) in [6.07, 6.45) is 0. The van der Waals surface area contributed by atoms with Crippen LogP contribution in [0.25, 0.3) is 0 Å². The predicted molar refractivity (Wildman–Crippen MR) is 86.4 cm³/mol. The fourth-order valence-corrected chi connectivity index (χ4v) is 3.26. The van der Waals surface area contributed by atoms with Crippen LogP contribution in [-0.4, -0.2) is 27.5 Å². The lowest BCUT2D eigenvalue weighted by atomic mass is 10.2. The van der Waals surface area contributed by atoms with Crippen LogP contribution in [0.2, 0.25) is 0 Å². The Balaban J connectivity index is 2.49. The zero-order chi connectivity index (χ0) is 17.2. The molecule has 23 heavy (non-hydrogen) atoms. The zero-order valence-electron chi connectivity index (χ0n) is 12.9. The van der Waals surface area contributed by atoms with E-state index in [2.05, 4.69) is 0 Å². The molecular weight excluding hydrogens is 320 g/mol. The average molecular weight is 336 g/mol. The zero-order valence-corrected chi connectivity index (χ0v) is 13.7. The SMILES string of the molecule is COc1cccc(N(C)S(=O)(=O)c2ccc(C)c([N+](=O)[O-])c2)c1. The van der Waals surface area contributed by atoms with Crippen LogP contribution in [0.4, 0.5) is 11.4 Å². The topological polar surface area (TPSA) is 89.8 Å². The Morgan fingerprint density at radius 1 is 1.17 bits per heavy atom. The van der Waals surface area contributed by atoms with E-state index in [1.165, 1.54) is 26.3 Å². The third-order valence-corrected chi connectivity index (χ3v) is 5.23. The van der Waals surface area contributed by atoms with E-state index in [9.17, 15) is 18.5 Å². The maximum absolute atomic E-state index is 12.7. The summed E-state index contributed by atoms with van der Waals surface area (Å²) in [6, 6.07) is 10.4. The maximum Gasteiger partial charge on any atom is 0.273 e. The van der Waals surface area contributed by atoms with Crippen molar-refractivity contribution in [3.8, 4) is 5.75 Å². The molecule has 0 unspecified atom stereocenters. The summed E-state index contributed by atoms with van der Waals surface area (Å²) in [4.78, 5) is 10.3. The van der Waals surface area contributed by atoms with Gasteiger partial charge < -0.3 is 4.74 Å². The van der Waals surface area contributed by atoms with E-state index in [4.69, 9.17) is 4.74 Å². The van der Waals surface area contributed by atoms with E-state index in [0.29, 0.717) is 17.0 Å². The minimum atomic E-state index is -3.92.